The van der Waals surface area contributed by atoms with Crippen molar-refractivity contribution in [3.63, 3.8) is 0 Å². The zero-order chi connectivity index (χ0) is 11.3. The largest absolute Gasteiger partial charge is 0.380 e. The summed E-state index contributed by atoms with van der Waals surface area (Å²) in [6.45, 7) is 8.67. The van der Waals surface area contributed by atoms with Crippen LogP contribution in [0.15, 0.2) is 30.4 Å². The molecule has 1 N–H and O–H groups in total. The van der Waals surface area contributed by atoms with Crippen LogP contribution in [0.5, 0.6) is 0 Å². The number of nitrogens with one attached hydrogen (secondary N) is 1. The van der Waals surface area contributed by atoms with Crippen molar-refractivity contribution in [1.29, 1.82) is 5.26 Å². The minimum Gasteiger partial charge on any atom is -0.380 e. The number of hydrogen-bond acceptors (Lipinski definition) is 2. The van der Waals surface area contributed by atoms with Gasteiger partial charge in [-0.1, -0.05) is 31.2 Å². The van der Waals surface area contributed by atoms with Crippen LogP contribution < -0.4 is 5.32 Å². The minimum atomic E-state index is 0.724. The fourth-order valence-corrected chi connectivity index (χ4v) is 1.31. The fourth-order valence-electron chi connectivity index (χ4n) is 1.31. The van der Waals surface area contributed by atoms with Crippen LogP contribution in [0.1, 0.15) is 24.5 Å². The Labute approximate surface area is 91.2 Å². The number of nitriles is 1. The molecule has 78 valence electrons. The Bertz CT molecular complexity index is 399. The highest BCUT2D eigenvalue weighted by molar-refractivity contribution is 5.60. The Balaban J connectivity index is 2.82. The molecule has 0 atom stereocenters. The van der Waals surface area contributed by atoms with Gasteiger partial charge in [-0.3, -0.25) is 0 Å². The van der Waals surface area contributed by atoms with Gasteiger partial charge in [0.05, 0.1) is 11.3 Å². The van der Waals surface area contributed by atoms with E-state index in [-0.39, 0.29) is 0 Å². The molecule has 15 heavy (non-hydrogen) atoms. The molecule has 1 rings (SSSR count). The number of benzene rings is 1. The predicted molar refractivity (Wildman–Crippen MR) is 63.8 cm³/mol. The van der Waals surface area contributed by atoms with E-state index >= 15 is 0 Å². The van der Waals surface area contributed by atoms with E-state index in [2.05, 4.69) is 24.9 Å². The molecule has 0 fully saturated rings. The van der Waals surface area contributed by atoms with Gasteiger partial charge in [0.15, 0.2) is 0 Å². The monoisotopic (exact) mass is 200 g/mol. The van der Waals surface area contributed by atoms with E-state index in [9.17, 15) is 0 Å². The molecular weight excluding hydrogens is 184 g/mol. The molecular formula is C13H16N2. The molecule has 2 heteroatoms. The second kappa shape index (κ2) is 5.21. The van der Waals surface area contributed by atoms with Crippen LogP contribution in [0.25, 0.3) is 0 Å². The standard InChI is InChI=1S/C13H16N2/c1-4-10(2)9-15-13-7-5-6-11(3)12(13)8-14/h5-7,15H,2,4,9H2,1,3H3. The second-order valence-corrected chi connectivity index (χ2v) is 3.57. The van der Waals surface area contributed by atoms with Gasteiger partial charge in [0, 0.05) is 6.54 Å². The number of nitrogens with zero attached hydrogens (tertiary/aromatic N) is 1. The van der Waals surface area contributed by atoms with Crippen LogP contribution in [0, 0.1) is 18.3 Å². The maximum Gasteiger partial charge on any atom is 0.102 e. The molecule has 0 saturated carbocycles. The average molecular weight is 200 g/mol. The van der Waals surface area contributed by atoms with Gasteiger partial charge in [0.2, 0.25) is 0 Å². The van der Waals surface area contributed by atoms with Crippen LogP contribution in [0.4, 0.5) is 5.69 Å². The molecule has 0 radical (unpaired) electrons. The summed E-state index contributed by atoms with van der Waals surface area (Å²) in [5.41, 5.74) is 3.76. The average Bonchev–Trinajstić information content (AvgIpc) is 2.25. The molecule has 0 amide bonds. The Morgan fingerprint density at radius 1 is 1.53 bits per heavy atom. The van der Waals surface area contributed by atoms with Crippen molar-refractivity contribution >= 4 is 5.69 Å². The van der Waals surface area contributed by atoms with Crippen molar-refractivity contribution in [2.24, 2.45) is 0 Å². The molecule has 0 unspecified atom stereocenters. The van der Waals surface area contributed by atoms with Crippen LogP contribution in [0.3, 0.4) is 0 Å². The van der Waals surface area contributed by atoms with Gasteiger partial charge in [-0.15, -0.1) is 0 Å². The van der Waals surface area contributed by atoms with Crippen LogP contribution in [-0.2, 0) is 0 Å². The Kier molecular flexibility index (Phi) is 3.93. The molecule has 0 aliphatic rings. The molecule has 1 aromatic rings. The third-order valence-corrected chi connectivity index (χ3v) is 2.41. The first-order valence-corrected chi connectivity index (χ1v) is 5.09. The van der Waals surface area contributed by atoms with Gasteiger partial charge in [-0.25, -0.2) is 0 Å². The van der Waals surface area contributed by atoms with Gasteiger partial charge in [0.25, 0.3) is 0 Å². The van der Waals surface area contributed by atoms with Crippen LogP contribution >= 0.6 is 0 Å². The first-order valence-electron chi connectivity index (χ1n) is 5.09. The zero-order valence-electron chi connectivity index (χ0n) is 9.30. The lowest BCUT2D eigenvalue weighted by atomic mass is 10.1. The van der Waals surface area contributed by atoms with E-state index in [1.165, 1.54) is 0 Å². The summed E-state index contributed by atoms with van der Waals surface area (Å²) in [6, 6.07) is 8.03. The maximum absolute atomic E-state index is 9.01. The number of hydrogen-bond donors (Lipinski definition) is 1. The lowest BCUT2D eigenvalue weighted by molar-refractivity contribution is 1.05. The van der Waals surface area contributed by atoms with E-state index < -0.39 is 0 Å². The van der Waals surface area contributed by atoms with Crippen molar-refractivity contribution in [3.05, 3.63) is 41.5 Å². The van der Waals surface area contributed by atoms with Crippen molar-refractivity contribution < 1.29 is 0 Å². The van der Waals surface area contributed by atoms with E-state index in [1.54, 1.807) is 0 Å². The van der Waals surface area contributed by atoms with Crippen LogP contribution in [-0.4, -0.2) is 6.54 Å². The predicted octanol–water partition coefficient (Wildman–Crippen LogP) is 3.24. The van der Waals surface area contributed by atoms with Gasteiger partial charge in [-0.05, 0) is 25.0 Å². The van der Waals surface area contributed by atoms with E-state index in [4.69, 9.17) is 5.26 Å². The summed E-state index contributed by atoms with van der Waals surface area (Å²) >= 11 is 0. The SMILES string of the molecule is C=C(CC)CNc1cccc(C)c1C#N. The third-order valence-electron chi connectivity index (χ3n) is 2.41. The molecule has 0 aliphatic heterocycles. The summed E-state index contributed by atoms with van der Waals surface area (Å²) in [6.07, 6.45) is 0.959. The molecule has 0 bridgehead atoms. The number of rotatable bonds is 4. The summed E-state index contributed by atoms with van der Waals surface area (Å²) in [7, 11) is 0. The van der Waals surface area contributed by atoms with Gasteiger partial charge < -0.3 is 5.32 Å². The van der Waals surface area contributed by atoms with Crippen molar-refractivity contribution in [2.75, 3.05) is 11.9 Å². The normalized spacial score (nSPS) is 9.40. The second-order valence-electron chi connectivity index (χ2n) is 3.57. The van der Waals surface area contributed by atoms with Gasteiger partial charge in [0.1, 0.15) is 6.07 Å². The highest BCUT2D eigenvalue weighted by Gasteiger charge is 2.03. The highest BCUT2D eigenvalue weighted by Crippen LogP contribution is 2.18. The summed E-state index contributed by atoms with van der Waals surface area (Å²) in [5, 5.41) is 12.2. The Morgan fingerprint density at radius 3 is 2.87 bits per heavy atom. The van der Waals surface area contributed by atoms with E-state index in [0.717, 1.165) is 35.4 Å². The number of aryl methyl sites for hydroxylation is 1. The molecule has 2 nitrogen and oxygen atoms in total. The summed E-state index contributed by atoms with van der Waals surface area (Å²) < 4.78 is 0. The first-order chi connectivity index (χ1) is 7.19. The molecule has 0 heterocycles. The summed E-state index contributed by atoms with van der Waals surface area (Å²) in [4.78, 5) is 0. The lowest BCUT2D eigenvalue weighted by Gasteiger charge is -2.10. The first kappa shape index (κ1) is 11.3. The molecule has 0 aromatic heterocycles. The Hall–Kier alpha value is -1.75. The number of anilines is 1. The minimum absolute atomic E-state index is 0.724. The topological polar surface area (TPSA) is 35.8 Å². The molecule has 0 spiro atoms. The quantitative estimate of drug-likeness (QED) is 0.757. The van der Waals surface area contributed by atoms with E-state index in [0.29, 0.717) is 0 Å². The lowest BCUT2D eigenvalue weighted by Crippen LogP contribution is -2.05. The highest BCUT2D eigenvalue weighted by atomic mass is 14.9. The van der Waals surface area contributed by atoms with Gasteiger partial charge >= 0.3 is 0 Å². The molecule has 0 aliphatic carbocycles. The zero-order valence-corrected chi connectivity index (χ0v) is 9.30. The molecule has 0 saturated heterocycles. The third kappa shape index (κ3) is 2.85. The molecule has 1 aromatic carbocycles. The van der Waals surface area contributed by atoms with E-state index in [1.807, 2.05) is 25.1 Å². The van der Waals surface area contributed by atoms with Crippen molar-refractivity contribution in [3.8, 4) is 6.07 Å². The smallest absolute Gasteiger partial charge is 0.102 e. The van der Waals surface area contributed by atoms with Crippen LogP contribution in [0.2, 0.25) is 0 Å². The van der Waals surface area contributed by atoms with Gasteiger partial charge in [-0.2, -0.15) is 5.26 Å². The van der Waals surface area contributed by atoms with Crippen molar-refractivity contribution in [2.45, 2.75) is 20.3 Å². The Morgan fingerprint density at radius 2 is 2.27 bits per heavy atom. The van der Waals surface area contributed by atoms with Crippen molar-refractivity contribution in [1.82, 2.24) is 0 Å². The fraction of sp³-hybridized carbons (Fsp3) is 0.308. The maximum atomic E-state index is 9.01. The summed E-state index contributed by atoms with van der Waals surface area (Å²) in [5.74, 6) is 0.